The second-order valence-electron chi connectivity index (χ2n) is 9.97. The molecule has 37 heavy (non-hydrogen) atoms. The van der Waals surface area contributed by atoms with E-state index in [0.29, 0.717) is 35.7 Å². The molecule has 3 rings (SSSR count). The van der Waals surface area contributed by atoms with Gasteiger partial charge in [0, 0.05) is 42.3 Å². The number of carbonyl (C=O) groups is 3. The summed E-state index contributed by atoms with van der Waals surface area (Å²) in [6.07, 6.45) is 1.05. The Labute approximate surface area is 227 Å². The Morgan fingerprint density at radius 2 is 1.92 bits per heavy atom. The quantitative estimate of drug-likeness (QED) is 0.275. The van der Waals surface area contributed by atoms with Crippen LogP contribution in [0, 0.1) is 5.41 Å². The fourth-order valence-corrected chi connectivity index (χ4v) is 4.07. The lowest BCUT2D eigenvalue weighted by molar-refractivity contribution is -0.137. The molecule has 0 atom stereocenters. The van der Waals surface area contributed by atoms with Gasteiger partial charge in [-0.05, 0) is 36.5 Å². The number of Topliss-reactive ketones (excluding diaryl/α,β-unsaturated/α-hetero) is 1. The van der Waals surface area contributed by atoms with E-state index in [1.54, 1.807) is 17.0 Å². The molecule has 0 aliphatic carbocycles. The number of carbonyl (C=O) groups excluding carboxylic acids is 2. The molecule has 1 aliphatic heterocycles. The third kappa shape index (κ3) is 7.38. The van der Waals surface area contributed by atoms with Crippen molar-refractivity contribution < 1.29 is 24.2 Å². The highest BCUT2D eigenvalue weighted by atomic mass is 79.9. The predicted octanol–water partition coefficient (Wildman–Crippen LogP) is 4.75. The molecule has 0 unspecified atom stereocenters. The number of benzene rings is 1. The minimum absolute atomic E-state index is 0. The average molecular weight is 576 g/mol. The van der Waals surface area contributed by atoms with Gasteiger partial charge in [0.2, 0.25) is 5.91 Å². The summed E-state index contributed by atoms with van der Waals surface area (Å²) in [7, 11) is 0. The number of nitrogens with one attached hydrogen (secondary N) is 2. The first-order valence-corrected chi connectivity index (χ1v) is 12.1. The van der Waals surface area contributed by atoms with E-state index in [4.69, 9.17) is 15.3 Å². The Balaban J connectivity index is 0.00000481. The third-order valence-corrected chi connectivity index (χ3v) is 5.95. The summed E-state index contributed by atoms with van der Waals surface area (Å²) in [6, 6.07) is 7.26. The lowest BCUT2D eigenvalue weighted by Crippen LogP contribution is -2.31. The van der Waals surface area contributed by atoms with Crippen LogP contribution >= 0.6 is 17.0 Å². The number of halogens is 1. The van der Waals surface area contributed by atoms with Crippen molar-refractivity contribution in [1.29, 1.82) is 5.41 Å². The molecular weight excluding hydrogens is 540 g/mol. The number of fused-ring (bicyclic) bond motifs is 1. The van der Waals surface area contributed by atoms with E-state index in [0.717, 1.165) is 23.2 Å². The van der Waals surface area contributed by atoms with Gasteiger partial charge >= 0.3 is 5.97 Å². The summed E-state index contributed by atoms with van der Waals surface area (Å²) in [5.74, 6) is -0.766. The monoisotopic (exact) mass is 574 g/mol. The summed E-state index contributed by atoms with van der Waals surface area (Å²) < 4.78 is 5.95. The maximum atomic E-state index is 13.4. The van der Waals surface area contributed by atoms with Gasteiger partial charge in [-0.2, -0.15) is 0 Å². The molecular formula is C27H35BrN4O5. The molecule has 0 spiro atoms. The van der Waals surface area contributed by atoms with E-state index in [2.05, 4.69) is 10.3 Å². The van der Waals surface area contributed by atoms with E-state index in [9.17, 15) is 14.4 Å². The molecule has 0 radical (unpaired) electrons. The van der Waals surface area contributed by atoms with Gasteiger partial charge in [-0.25, -0.2) is 4.98 Å². The second kappa shape index (κ2) is 12.3. The number of aromatic nitrogens is 1. The summed E-state index contributed by atoms with van der Waals surface area (Å²) in [4.78, 5) is 42.5. The van der Waals surface area contributed by atoms with Crippen LogP contribution < -0.4 is 10.1 Å². The highest BCUT2D eigenvalue weighted by Gasteiger charge is 2.29. The van der Waals surface area contributed by atoms with E-state index in [1.165, 1.54) is 6.92 Å². The van der Waals surface area contributed by atoms with Gasteiger partial charge in [-0.3, -0.25) is 19.8 Å². The lowest BCUT2D eigenvalue weighted by atomic mass is 9.84. The van der Waals surface area contributed by atoms with E-state index in [-0.39, 0.29) is 54.1 Å². The molecule has 1 aliphatic rings. The van der Waals surface area contributed by atoms with Gasteiger partial charge in [-0.1, -0.05) is 33.8 Å². The molecule has 0 bridgehead atoms. The number of amides is 1. The molecule has 1 aromatic carbocycles. The number of anilines is 1. The van der Waals surface area contributed by atoms with Crippen molar-refractivity contribution in [2.24, 2.45) is 0 Å². The third-order valence-electron chi connectivity index (χ3n) is 5.95. The largest absolute Gasteiger partial charge is 0.491 e. The van der Waals surface area contributed by atoms with Crippen molar-refractivity contribution in [3.63, 3.8) is 0 Å². The maximum Gasteiger partial charge on any atom is 0.303 e. The van der Waals surface area contributed by atoms with Gasteiger partial charge < -0.3 is 20.1 Å². The number of aliphatic carboxylic acids is 1. The number of aryl methyl sites for hydroxylation is 1. The van der Waals surface area contributed by atoms with Gasteiger partial charge in [-0.15, -0.1) is 17.0 Å². The SMILES string of the molecule is Br.CCc1ccc2c(n1)C(=N)N(CC(=O)c1cc(NC(C)=O)c(OCCCC(=O)O)c(C(C)(C)C)c1)C2. The van der Waals surface area contributed by atoms with Crippen molar-refractivity contribution in [2.45, 2.75) is 65.8 Å². The highest BCUT2D eigenvalue weighted by Crippen LogP contribution is 2.39. The highest BCUT2D eigenvalue weighted by molar-refractivity contribution is 8.93. The van der Waals surface area contributed by atoms with Crippen LogP contribution in [0.2, 0.25) is 0 Å². The molecule has 1 amide bonds. The topological polar surface area (TPSA) is 133 Å². The Bertz CT molecular complexity index is 1210. The van der Waals surface area contributed by atoms with Crippen molar-refractivity contribution in [3.8, 4) is 5.75 Å². The molecule has 2 heterocycles. The minimum Gasteiger partial charge on any atom is -0.491 e. The molecule has 0 saturated carbocycles. The van der Waals surface area contributed by atoms with Crippen LogP contribution in [0.1, 0.15) is 80.3 Å². The number of amidine groups is 1. The van der Waals surface area contributed by atoms with Gasteiger partial charge in [0.15, 0.2) is 5.78 Å². The molecule has 3 N–H and O–H groups in total. The standard InChI is InChI=1S/C27H34N4O5.BrH/c1-6-19-10-9-17-14-31(26(28)24(17)30-19)15-22(33)18-12-20(27(3,4)5)25(21(13-18)29-16(2)32)36-11-7-8-23(34)35;/h9-10,12-13,28H,6-8,11,14-15H2,1-5H3,(H,29,32)(H,34,35);1H. The number of rotatable bonds is 10. The van der Waals surface area contributed by atoms with Crippen LogP contribution in [-0.4, -0.2) is 51.6 Å². The zero-order valence-electron chi connectivity index (χ0n) is 21.9. The predicted molar refractivity (Wildman–Crippen MR) is 147 cm³/mol. The first-order valence-electron chi connectivity index (χ1n) is 12.1. The van der Waals surface area contributed by atoms with Crippen LogP contribution in [0.25, 0.3) is 0 Å². The zero-order chi connectivity index (χ0) is 26.6. The first kappa shape index (κ1) is 30.0. The fourth-order valence-electron chi connectivity index (χ4n) is 4.07. The number of pyridine rings is 1. The average Bonchev–Trinajstić information content (AvgIpc) is 3.10. The number of hydrogen-bond donors (Lipinski definition) is 3. The molecule has 9 nitrogen and oxygen atoms in total. The van der Waals surface area contributed by atoms with Crippen LogP contribution in [0.5, 0.6) is 5.75 Å². The van der Waals surface area contributed by atoms with Crippen LogP contribution in [0.3, 0.4) is 0 Å². The number of ether oxygens (including phenoxy) is 1. The van der Waals surface area contributed by atoms with Crippen molar-refractivity contribution >= 4 is 46.2 Å². The Hall–Kier alpha value is -3.27. The zero-order valence-corrected chi connectivity index (χ0v) is 23.6. The van der Waals surface area contributed by atoms with E-state index < -0.39 is 11.4 Å². The normalized spacial score (nSPS) is 12.6. The van der Waals surface area contributed by atoms with E-state index in [1.807, 2.05) is 39.8 Å². The first-order chi connectivity index (χ1) is 16.9. The molecule has 10 heteroatoms. The van der Waals surface area contributed by atoms with Crippen LogP contribution in [-0.2, 0) is 28.0 Å². The van der Waals surface area contributed by atoms with Gasteiger partial charge in [0.25, 0.3) is 0 Å². The number of carboxylic acids is 1. The summed E-state index contributed by atoms with van der Waals surface area (Å²) >= 11 is 0. The van der Waals surface area contributed by atoms with Crippen molar-refractivity contribution in [3.05, 3.63) is 52.3 Å². The molecule has 2 aromatic rings. The molecule has 0 saturated heterocycles. The second-order valence-corrected chi connectivity index (χ2v) is 9.97. The van der Waals surface area contributed by atoms with E-state index >= 15 is 0 Å². The summed E-state index contributed by atoms with van der Waals surface area (Å²) in [6.45, 7) is 9.90. The number of hydrogen-bond acceptors (Lipinski definition) is 6. The Kier molecular flexibility index (Phi) is 9.97. The number of nitrogens with zero attached hydrogens (tertiary/aromatic N) is 2. The number of ketones is 1. The summed E-state index contributed by atoms with van der Waals surface area (Å²) in [5, 5.41) is 20.2. The smallest absolute Gasteiger partial charge is 0.303 e. The molecule has 0 fully saturated rings. The Morgan fingerprint density at radius 3 is 2.51 bits per heavy atom. The molecule has 1 aromatic heterocycles. The number of carboxylic acid groups (broad SMARTS) is 1. The lowest BCUT2D eigenvalue weighted by Gasteiger charge is -2.26. The van der Waals surface area contributed by atoms with Crippen molar-refractivity contribution in [1.82, 2.24) is 9.88 Å². The summed E-state index contributed by atoms with van der Waals surface area (Å²) in [5.41, 5.74) is 3.49. The minimum atomic E-state index is -0.909. The van der Waals surface area contributed by atoms with Crippen LogP contribution in [0.4, 0.5) is 5.69 Å². The fraction of sp³-hybridized carbons (Fsp3) is 0.444. The maximum absolute atomic E-state index is 13.4. The van der Waals surface area contributed by atoms with Gasteiger partial charge in [0.1, 0.15) is 17.3 Å². The van der Waals surface area contributed by atoms with Crippen molar-refractivity contribution in [2.75, 3.05) is 18.5 Å². The van der Waals surface area contributed by atoms with Gasteiger partial charge in [0.05, 0.1) is 18.8 Å². The van der Waals surface area contributed by atoms with Crippen LogP contribution in [0.15, 0.2) is 24.3 Å². The molecule has 200 valence electrons. The Morgan fingerprint density at radius 1 is 1.22 bits per heavy atom.